The van der Waals surface area contributed by atoms with Crippen molar-refractivity contribution in [3.8, 4) is 0 Å². The van der Waals surface area contributed by atoms with Crippen molar-refractivity contribution in [2.75, 3.05) is 13.1 Å². The second-order valence-corrected chi connectivity index (χ2v) is 6.16. The van der Waals surface area contributed by atoms with Crippen LogP contribution in [0.3, 0.4) is 0 Å². The van der Waals surface area contributed by atoms with Crippen molar-refractivity contribution in [3.63, 3.8) is 0 Å². The molecule has 0 amide bonds. The van der Waals surface area contributed by atoms with Crippen molar-refractivity contribution >= 4 is 17.3 Å². The summed E-state index contributed by atoms with van der Waals surface area (Å²) in [6.07, 6.45) is 13.7. The Hall–Kier alpha value is -0.570. The molecule has 2 nitrogen and oxygen atoms in total. The average molecular weight is 299 g/mol. The molecule has 2 N–H and O–H groups in total. The third kappa shape index (κ3) is 15.5. The predicted octanol–water partition coefficient (Wildman–Crippen LogP) is 4.95. The van der Waals surface area contributed by atoms with E-state index in [-0.39, 0.29) is 0 Å². The molecule has 20 heavy (non-hydrogen) atoms. The summed E-state index contributed by atoms with van der Waals surface area (Å²) < 4.78 is 0. The first-order valence-corrected chi connectivity index (χ1v) is 8.73. The van der Waals surface area contributed by atoms with Crippen molar-refractivity contribution in [3.05, 3.63) is 12.2 Å². The summed E-state index contributed by atoms with van der Waals surface area (Å²) in [6.45, 7) is 9.86. The van der Waals surface area contributed by atoms with E-state index in [1.165, 1.54) is 64.2 Å². The second-order valence-electron chi connectivity index (χ2n) is 5.75. The standard InChI is InChI=1S/C17H34N2S/c1-4-5-6-7-8-9-10-11-12-13-14-18-17(20)19-15-16(2)3/h2,4-15H2,1,3H3,(H2,18,19,20). The molecule has 0 aliphatic carbocycles. The van der Waals surface area contributed by atoms with Gasteiger partial charge in [0.2, 0.25) is 0 Å². The van der Waals surface area contributed by atoms with E-state index in [2.05, 4.69) is 24.1 Å². The van der Waals surface area contributed by atoms with Crippen LogP contribution in [-0.4, -0.2) is 18.2 Å². The SMILES string of the molecule is C=C(C)CNC(=S)NCCCCCCCCCCCC. The van der Waals surface area contributed by atoms with Crippen molar-refractivity contribution < 1.29 is 0 Å². The first-order chi connectivity index (χ1) is 9.66. The maximum Gasteiger partial charge on any atom is 0.166 e. The van der Waals surface area contributed by atoms with Gasteiger partial charge in [0.15, 0.2) is 5.11 Å². The predicted molar refractivity (Wildman–Crippen MR) is 95.3 cm³/mol. The molecule has 0 aromatic heterocycles. The quantitative estimate of drug-likeness (QED) is 0.286. The Bertz CT molecular complexity index is 251. The summed E-state index contributed by atoms with van der Waals surface area (Å²) in [4.78, 5) is 0. The van der Waals surface area contributed by atoms with E-state index in [4.69, 9.17) is 12.2 Å². The third-order valence-corrected chi connectivity index (χ3v) is 3.66. The van der Waals surface area contributed by atoms with Crippen LogP contribution < -0.4 is 10.6 Å². The Balaban J connectivity index is 3.12. The first kappa shape index (κ1) is 19.4. The molecule has 0 radical (unpaired) electrons. The minimum Gasteiger partial charge on any atom is -0.363 e. The van der Waals surface area contributed by atoms with Crippen LogP contribution in [0.1, 0.15) is 78.1 Å². The topological polar surface area (TPSA) is 24.1 Å². The Morgan fingerprint density at radius 3 is 1.85 bits per heavy atom. The van der Waals surface area contributed by atoms with Gasteiger partial charge in [0, 0.05) is 13.1 Å². The highest BCUT2D eigenvalue weighted by atomic mass is 32.1. The lowest BCUT2D eigenvalue weighted by molar-refractivity contribution is 0.554. The molecule has 0 atom stereocenters. The van der Waals surface area contributed by atoms with Crippen LogP contribution in [0.25, 0.3) is 0 Å². The van der Waals surface area contributed by atoms with Gasteiger partial charge >= 0.3 is 0 Å². The van der Waals surface area contributed by atoms with Crippen molar-refractivity contribution in [1.29, 1.82) is 0 Å². The average Bonchev–Trinajstić information content (AvgIpc) is 2.42. The molecule has 0 spiro atoms. The summed E-state index contributed by atoms with van der Waals surface area (Å²) in [7, 11) is 0. The fourth-order valence-corrected chi connectivity index (χ4v) is 2.28. The lowest BCUT2D eigenvalue weighted by Crippen LogP contribution is -2.36. The number of thiocarbonyl (C=S) groups is 1. The van der Waals surface area contributed by atoms with Gasteiger partial charge in [0.1, 0.15) is 0 Å². The van der Waals surface area contributed by atoms with Gasteiger partial charge in [-0.2, -0.15) is 0 Å². The Labute approximate surface area is 131 Å². The van der Waals surface area contributed by atoms with Crippen molar-refractivity contribution in [1.82, 2.24) is 10.6 Å². The summed E-state index contributed by atoms with van der Waals surface area (Å²) in [5, 5.41) is 7.13. The summed E-state index contributed by atoms with van der Waals surface area (Å²) in [5.41, 5.74) is 1.10. The zero-order valence-corrected chi connectivity index (χ0v) is 14.4. The molecule has 0 aliphatic rings. The Morgan fingerprint density at radius 2 is 1.35 bits per heavy atom. The number of nitrogens with one attached hydrogen (secondary N) is 2. The number of hydrogen-bond acceptors (Lipinski definition) is 1. The van der Waals surface area contributed by atoms with Gasteiger partial charge < -0.3 is 10.6 Å². The fourth-order valence-electron chi connectivity index (χ4n) is 2.11. The summed E-state index contributed by atoms with van der Waals surface area (Å²) >= 11 is 5.18. The molecule has 0 fully saturated rings. The normalized spacial score (nSPS) is 10.3. The Morgan fingerprint density at radius 1 is 0.850 bits per heavy atom. The van der Waals surface area contributed by atoms with Crippen LogP contribution in [0, 0.1) is 0 Å². The van der Waals surface area contributed by atoms with Crippen molar-refractivity contribution in [2.24, 2.45) is 0 Å². The van der Waals surface area contributed by atoms with E-state index in [1.807, 2.05) is 6.92 Å². The lowest BCUT2D eigenvalue weighted by atomic mass is 10.1. The molecule has 0 aromatic carbocycles. The van der Waals surface area contributed by atoms with Crippen LogP contribution >= 0.6 is 12.2 Å². The van der Waals surface area contributed by atoms with E-state index in [1.54, 1.807) is 0 Å². The molecule has 0 heterocycles. The zero-order valence-electron chi connectivity index (χ0n) is 13.6. The molecule has 0 aliphatic heterocycles. The van der Waals surface area contributed by atoms with E-state index in [0.29, 0.717) is 0 Å². The van der Waals surface area contributed by atoms with Crippen LogP contribution in [0.5, 0.6) is 0 Å². The first-order valence-electron chi connectivity index (χ1n) is 8.33. The van der Waals surface area contributed by atoms with E-state index in [0.717, 1.165) is 23.8 Å². The van der Waals surface area contributed by atoms with E-state index >= 15 is 0 Å². The highest BCUT2D eigenvalue weighted by molar-refractivity contribution is 7.80. The molecular weight excluding hydrogens is 264 g/mol. The van der Waals surface area contributed by atoms with Gasteiger partial charge in [-0.15, -0.1) is 0 Å². The van der Waals surface area contributed by atoms with Gasteiger partial charge in [-0.25, -0.2) is 0 Å². The molecule has 0 rings (SSSR count). The van der Waals surface area contributed by atoms with Gasteiger partial charge in [-0.3, -0.25) is 0 Å². The maximum atomic E-state index is 5.18. The Kier molecular flexibility index (Phi) is 14.4. The van der Waals surface area contributed by atoms with E-state index in [9.17, 15) is 0 Å². The second kappa shape index (κ2) is 14.8. The lowest BCUT2D eigenvalue weighted by Gasteiger charge is -2.10. The highest BCUT2D eigenvalue weighted by Gasteiger charge is 1.95. The highest BCUT2D eigenvalue weighted by Crippen LogP contribution is 2.10. The summed E-state index contributed by atoms with van der Waals surface area (Å²) in [5.74, 6) is 0. The molecule has 0 saturated carbocycles. The molecule has 0 aromatic rings. The monoisotopic (exact) mass is 298 g/mol. The molecule has 3 heteroatoms. The van der Waals surface area contributed by atoms with Gasteiger partial charge in [0.25, 0.3) is 0 Å². The largest absolute Gasteiger partial charge is 0.363 e. The van der Waals surface area contributed by atoms with Crippen LogP contribution in [-0.2, 0) is 0 Å². The molecular formula is C17H34N2S. The van der Waals surface area contributed by atoms with Gasteiger partial charge in [0.05, 0.1) is 0 Å². The number of rotatable bonds is 13. The third-order valence-electron chi connectivity index (χ3n) is 3.37. The summed E-state index contributed by atoms with van der Waals surface area (Å²) in [6, 6.07) is 0. The minimum atomic E-state index is 0.754. The van der Waals surface area contributed by atoms with Gasteiger partial charge in [-0.05, 0) is 25.6 Å². The molecule has 0 unspecified atom stereocenters. The fraction of sp³-hybridized carbons (Fsp3) is 0.824. The minimum absolute atomic E-state index is 0.754. The maximum absolute atomic E-state index is 5.18. The number of hydrogen-bond donors (Lipinski definition) is 2. The molecule has 118 valence electrons. The van der Waals surface area contributed by atoms with Gasteiger partial charge in [-0.1, -0.05) is 76.9 Å². The van der Waals surface area contributed by atoms with Crippen LogP contribution in [0.2, 0.25) is 0 Å². The molecule has 0 bridgehead atoms. The number of unbranched alkanes of at least 4 members (excludes halogenated alkanes) is 9. The molecule has 0 saturated heterocycles. The zero-order chi connectivity index (χ0) is 15.1. The van der Waals surface area contributed by atoms with Crippen LogP contribution in [0.15, 0.2) is 12.2 Å². The van der Waals surface area contributed by atoms with E-state index < -0.39 is 0 Å². The van der Waals surface area contributed by atoms with Crippen LogP contribution in [0.4, 0.5) is 0 Å². The van der Waals surface area contributed by atoms with Crippen molar-refractivity contribution in [2.45, 2.75) is 78.1 Å². The smallest absolute Gasteiger partial charge is 0.166 e.